The molecular weight excluding hydrogens is 731 g/mol. The van der Waals surface area contributed by atoms with Gasteiger partial charge in [0.1, 0.15) is 35.9 Å². The molecule has 0 spiro atoms. The third-order valence-corrected chi connectivity index (χ3v) is 10.5. The van der Waals surface area contributed by atoms with Gasteiger partial charge in [-0.15, -0.1) is 0 Å². The van der Waals surface area contributed by atoms with Gasteiger partial charge in [0.15, 0.2) is 18.4 Å². The minimum atomic E-state index is -4.67. The molecule has 306 valence electrons. The van der Waals surface area contributed by atoms with Crippen molar-refractivity contribution in [2.45, 2.75) is 140 Å². The first kappa shape index (κ1) is 42.5. The van der Waals surface area contributed by atoms with Gasteiger partial charge >= 0.3 is 18.1 Å². The third-order valence-electron chi connectivity index (χ3n) is 10.5. The lowest BCUT2D eigenvalue weighted by atomic mass is 9.62. The molecule has 4 N–H and O–H groups in total. The summed E-state index contributed by atoms with van der Waals surface area (Å²) in [5.74, 6) is -4.42. The number of carbonyl (C=O) groups excluding carboxylic acids is 4. The van der Waals surface area contributed by atoms with Gasteiger partial charge in [0.05, 0.1) is 19.3 Å². The molecule has 3 heterocycles. The summed E-state index contributed by atoms with van der Waals surface area (Å²) in [7, 11) is 0. The van der Waals surface area contributed by atoms with Crippen molar-refractivity contribution in [1.82, 2.24) is 15.7 Å². The highest BCUT2D eigenvalue weighted by molar-refractivity contribution is 5.96. The highest BCUT2D eigenvalue weighted by Crippen LogP contribution is 2.58. The maximum absolute atomic E-state index is 14.7. The number of benzene rings is 1. The smallest absolute Gasteiger partial charge is 0.422 e. The first-order valence-corrected chi connectivity index (χ1v) is 19.0. The van der Waals surface area contributed by atoms with E-state index in [1.807, 2.05) is 0 Å². The molecule has 3 aliphatic heterocycles. The Bertz CT molecular complexity index is 1550. The van der Waals surface area contributed by atoms with Gasteiger partial charge in [-0.2, -0.15) is 18.2 Å². The maximum atomic E-state index is 14.7. The predicted octanol–water partition coefficient (Wildman–Crippen LogP) is 3.22. The van der Waals surface area contributed by atoms with Gasteiger partial charge in [-0.25, -0.2) is 4.79 Å². The van der Waals surface area contributed by atoms with E-state index in [1.165, 1.54) is 18.1 Å². The average Bonchev–Trinajstić information content (AvgIpc) is 3.69. The molecular formula is C38H52F3N3O11. The van der Waals surface area contributed by atoms with Crippen molar-refractivity contribution in [1.29, 1.82) is 0 Å². The van der Waals surface area contributed by atoms with Crippen LogP contribution in [0.15, 0.2) is 30.3 Å². The number of nitrogens with zero attached hydrogens (tertiary/aromatic N) is 1. The number of aliphatic hydroxyl groups is 2. The topological polar surface area (TPSA) is 182 Å². The fourth-order valence-electron chi connectivity index (χ4n) is 8.01. The normalized spacial score (nSPS) is 28.0. The fraction of sp³-hybridized carbons (Fsp3) is 0.684. The van der Waals surface area contributed by atoms with Gasteiger partial charge in [-0.3, -0.25) is 19.2 Å². The van der Waals surface area contributed by atoms with E-state index in [-0.39, 0.29) is 26.1 Å². The van der Waals surface area contributed by atoms with Crippen LogP contribution in [0.2, 0.25) is 0 Å². The minimum Gasteiger partial charge on any atom is -0.458 e. The molecule has 1 aromatic rings. The number of aliphatic hydroxyl groups excluding tert-OH is 2. The molecule has 0 aromatic heterocycles. The van der Waals surface area contributed by atoms with E-state index in [1.54, 1.807) is 24.3 Å². The largest absolute Gasteiger partial charge is 0.458 e. The summed E-state index contributed by atoms with van der Waals surface area (Å²) in [4.78, 5) is 60.4. The number of hydrogen-bond acceptors (Lipinski definition) is 12. The van der Waals surface area contributed by atoms with E-state index in [2.05, 4.69) is 29.2 Å². The Labute approximate surface area is 318 Å². The predicted molar refractivity (Wildman–Crippen MR) is 188 cm³/mol. The number of unbranched alkanes of at least 4 members (excludes halogenated alkanes) is 4. The Balaban J connectivity index is 1.48. The van der Waals surface area contributed by atoms with Gasteiger partial charge in [0, 0.05) is 31.9 Å². The van der Waals surface area contributed by atoms with Crippen LogP contribution in [0, 0.1) is 5.41 Å². The second kappa shape index (κ2) is 18.1. The zero-order valence-electron chi connectivity index (χ0n) is 31.3. The van der Waals surface area contributed by atoms with Crippen LogP contribution in [0.4, 0.5) is 13.2 Å². The van der Waals surface area contributed by atoms with Crippen molar-refractivity contribution in [3.63, 3.8) is 0 Å². The van der Waals surface area contributed by atoms with Gasteiger partial charge in [0.25, 0.3) is 0 Å². The first-order chi connectivity index (χ1) is 26.2. The second-order valence-corrected chi connectivity index (χ2v) is 14.7. The van der Waals surface area contributed by atoms with Gasteiger partial charge in [0.2, 0.25) is 11.8 Å². The van der Waals surface area contributed by atoms with Crippen molar-refractivity contribution in [2.75, 3.05) is 19.8 Å². The number of amides is 2. The zero-order valence-corrected chi connectivity index (χ0v) is 31.3. The molecule has 1 aliphatic carbocycles. The van der Waals surface area contributed by atoms with Crippen LogP contribution in [0.25, 0.3) is 6.08 Å². The number of rotatable bonds is 19. The van der Waals surface area contributed by atoms with E-state index in [0.717, 1.165) is 44.6 Å². The number of nitrogens with one attached hydrogen (secondary N) is 2. The van der Waals surface area contributed by atoms with E-state index >= 15 is 0 Å². The van der Waals surface area contributed by atoms with Crippen LogP contribution in [0.1, 0.15) is 89.7 Å². The number of hydroxylamine groups is 2. The minimum absolute atomic E-state index is 0.0332. The van der Waals surface area contributed by atoms with Crippen LogP contribution in [-0.4, -0.2) is 113 Å². The Kier molecular flexibility index (Phi) is 14.0. The molecule has 1 aromatic carbocycles. The number of hydrogen-bond donors (Lipinski definition) is 4. The number of fused-ring (bicyclic) bond motifs is 4. The molecule has 5 rings (SSSR count). The lowest BCUT2D eigenvalue weighted by molar-refractivity contribution is -0.224. The Morgan fingerprint density at radius 3 is 2.42 bits per heavy atom. The zero-order chi connectivity index (χ0) is 40.0. The summed E-state index contributed by atoms with van der Waals surface area (Å²) in [6, 6.07) is 3.80. The van der Waals surface area contributed by atoms with E-state index < -0.39 is 90.3 Å². The van der Waals surface area contributed by atoms with Crippen LogP contribution in [0.3, 0.4) is 0 Å². The van der Waals surface area contributed by atoms with Crippen LogP contribution >= 0.6 is 0 Å². The molecule has 14 nitrogen and oxygen atoms in total. The molecule has 4 fully saturated rings. The SMILES string of the molecule is CCCCCC1(CCCCC)OC2C3CC4(C(=O)NC(C(=O)NCCO)C(C)O)C(ON(Cc5cccc(C=CC(=O)OCC(F)(F)F)c5)C4C(=O)O3)C2O1. The van der Waals surface area contributed by atoms with Crippen LogP contribution < -0.4 is 10.6 Å². The van der Waals surface area contributed by atoms with Crippen molar-refractivity contribution in [2.24, 2.45) is 5.41 Å². The average molecular weight is 784 g/mol. The second-order valence-electron chi connectivity index (χ2n) is 14.7. The monoisotopic (exact) mass is 783 g/mol. The van der Waals surface area contributed by atoms with Gasteiger partial charge < -0.3 is 39.8 Å². The molecule has 8 atom stereocenters. The van der Waals surface area contributed by atoms with E-state index in [0.29, 0.717) is 24.0 Å². The third kappa shape index (κ3) is 9.68. The van der Waals surface area contributed by atoms with Crippen molar-refractivity contribution < 1.29 is 66.3 Å². The molecule has 4 aliphatic rings. The summed E-state index contributed by atoms with van der Waals surface area (Å²) in [5.41, 5.74) is -0.687. The number of halogens is 3. The van der Waals surface area contributed by atoms with Gasteiger partial charge in [-0.1, -0.05) is 63.8 Å². The molecule has 2 bridgehead atoms. The summed E-state index contributed by atoms with van der Waals surface area (Å²) in [5, 5.41) is 26.3. The highest BCUT2D eigenvalue weighted by Gasteiger charge is 2.76. The molecule has 2 amide bonds. The Morgan fingerprint density at radius 1 is 1.09 bits per heavy atom. The highest BCUT2D eigenvalue weighted by atomic mass is 19.4. The van der Waals surface area contributed by atoms with Gasteiger partial charge in [-0.05, 0) is 37.0 Å². The molecule has 17 heteroatoms. The molecule has 1 saturated carbocycles. The Hall–Kier alpha value is -3.61. The number of carbonyl (C=O) groups is 4. The number of ether oxygens (including phenoxy) is 4. The molecule has 55 heavy (non-hydrogen) atoms. The summed E-state index contributed by atoms with van der Waals surface area (Å²) < 4.78 is 61.3. The van der Waals surface area contributed by atoms with Crippen molar-refractivity contribution >= 4 is 29.8 Å². The standard InChI is InChI=1S/C38H52F3N3O11/c1-4-6-8-15-36(16-9-7-5-2)53-29-26-20-37(35(50)43-28(23(3)46)33(48)42-17-18-45)31(34(49)52-26)44(55-32(37)30(29)54-36)21-25-12-10-11-24(19-25)13-14-27(47)51-22-38(39,40)41/h10-14,19,23,26,28-32,45-46H,4-9,15-18,20-22H2,1-3H3,(H,42,48)(H,43,50). The van der Waals surface area contributed by atoms with E-state index in [4.69, 9.17) is 19.0 Å². The summed E-state index contributed by atoms with van der Waals surface area (Å²) in [6.45, 7) is 3.23. The number of alkyl halides is 3. The van der Waals surface area contributed by atoms with Crippen molar-refractivity contribution in [3.05, 3.63) is 41.5 Å². The first-order valence-electron chi connectivity index (χ1n) is 19.0. The molecule has 3 saturated heterocycles. The van der Waals surface area contributed by atoms with Crippen LogP contribution in [0.5, 0.6) is 0 Å². The van der Waals surface area contributed by atoms with Crippen LogP contribution in [-0.2, 0) is 49.5 Å². The quantitative estimate of drug-likeness (QED) is 0.0916. The summed E-state index contributed by atoms with van der Waals surface area (Å²) >= 11 is 0. The maximum Gasteiger partial charge on any atom is 0.422 e. The Morgan fingerprint density at radius 2 is 1.78 bits per heavy atom. The van der Waals surface area contributed by atoms with Crippen molar-refractivity contribution in [3.8, 4) is 0 Å². The number of esters is 2. The van der Waals surface area contributed by atoms with E-state index in [9.17, 15) is 42.6 Å². The fourth-order valence-corrected chi connectivity index (χ4v) is 8.01. The lowest BCUT2D eigenvalue weighted by Gasteiger charge is -2.49. The molecule has 8 unspecified atom stereocenters. The summed E-state index contributed by atoms with van der Waals surface area (Å²) in [6.07, 6.45) is -0.878. The lowest BCUT2D eigenvalue weighted by Crippen LogP contribution is -2.71. The molecule has 0 radical (unpaired) electrons.